The highest BCUT2D eigenvalue weighted by molar-refractivity contribution is 7.55. The quantitative estimate of drug-likeness (QED) is 0.534. The van der Waals surface area contributed by atoms with E-state index in [2.05, 4.69) is 27.2 Å². The van der Waals surface area contributed by atoms with E-state index in [0.717, 1.165) is 5.92 Å². The van der Waals surface area contributed by atoms with Crippen LogP contribution in [0.15, 0.2) is 0 Å². The normalized spacial score (nSPS) is 11.3. The minimum atomic E-state index is 0.369. The van der Waals surface area contributed by atoms with Crippen LogP contribution in [-0.4, -0.2) is 19.5 Å². The lowest BCUT2D eigenvalue weighted by molar-refractivity contribution is 0.578. The molecule has 0 aliphatic rings. The van der Waals surface area contributed by atoms with Crippen LogP contribution in [0.4, 0.5) is 0 Å². The zero-order chi connectivity index (χ0) is 7.28. The Bertz CT molecular complexity index is 49.6. The first kappa shape index (κ1) is 9.43. The van der Waals surface area contributed by atoms with Crippen molar-refractivity contribution >= 4 is 7.92 Å². The van der Waals surface area contributed by atoms with Crippen molar-refractivity contribution in [1.82, 2.24) is 0 Å². The topological polar surface area (TPSA) is 0 Å². The van der Waals surface area contributed by atoms with E-state index in [0.29, 0.717) is 7.92 Å². The van der Waals surface area contributed by atoms with Gasteiger partial charge in [0.05, 0.1) is 0 Å². The Morgan fingerprint density at radius 1 is 1.22 bits per heavy atom. The van der Waals surface area contributed by atoms with Gasteiger partial charge < -0.3 is 0 Å². The molecular formula is C8H19P. The SMILES string of the molecule is CC(C)CCCP(C)C. The van der Waals surface area contributed by atoms with Crippen molar-refractivity contribution in [3.05, 3.63) is 0 Å². The molecule has 0 N–H and O–H groups in total. The van der Waals surface area contributed by atoms with Crippen molar-refractivity contribution in [3.8, 4) is 0 Å². The molecule has 0 nitrogen and oxygen atoms in total. The second kappa shape index (κ2) is 5.23. The highest BCUT2D eigenvalue weighted by Crippen LogP contribution is 2.26. The van der Waals surface area contributed by atoms with Gasteiger partial charge in [0.2, 0.25) is 0 Å². The number of hydrogen-bond acceptors (Lipinski definition) is 0. The smallest absolute Gasteiger partial charge is 0.0331 e. The van der Waals surface area contributed by atoms with Crippen LogP contribution in [0, 0.1) is 5.92 Å². The highest BCUT2D eigenvalue weighted by atomic mass is 31.1. The summed E-state index contributed by atoms with van der Waals surface area (Å²) in [6, 6.07) is 0. The van der Waals surface area contributed by atoms with Gasteiger partial charge in [0.15, 0.2) is 0 Å². The van der Waals surface area contributed by atoms with Gasteiger partial charge in [-0.3, -0.25) is 0 Å². The summed E-state index contributed by atoms with van der Waals surface area (Å²) in [7, 11) is 0.369. The van der Waals surface area contributed by atoms with Gasteiger partial charge in [-0.25, -0.2) is 0 Å². The largest absolute Gasteiger partial charge is 0.113 e. The van der Waals surface area contributed by atoms with Crippen LogP contribution in [0.5, 0.6) is 0 Å². The molecule has 0 heterocycles. The minimum absolute atomic E-state index is 0.369. The van der Waals surface area contributed by atoms with Crippen molar-refractivity contribution in [1.29, 1.82) is 0 Å². The third kappa shape index (κ3) is 8.43. The van der Waals surface area contributed by atoms with Crippen LogP contribution in [-0.2, 0) is 0 Å². The van der Waals surface area contributed by atoms with E-state index < -0.39 is 0 Å². The van der Waals surface area contributed by atoms with Crippen molar-refractivity contribution in [2.24, 2.45) is 5.92 Å². The Kier molecular flexibility index (Phi) is 5.48. The molecule has 0 radical (unpaired) electrons. The highest BCUT2D eigenvalue weighted by Gasteiger charge is 1.95. The summed E-state index contributed by atoms with van der Waals surface area (Å²) in [5.74, 6) is 0.903. The maximum Gasteiger partial charge on any atom is -0.0331 e. The Labute approximate surface area is 60.8 Å². The van der Waals surface area contributed by atoms with E-state index in [9.17, 15) is 0 Å². The Morgan fingerprint density at radius 2 is 1.78 bits per heavy atom. The molecule has 1 heteroatoms. The van der Waals surface area contributed by atoms with E-state index >= 15 is 0 Å². The van der Waals surface area contributed by atoms with Gasteiger partial charge in [-0.2, -0.15) is 0 Å². The molecule has 0 amide bonds. The first-order valence-electron chi connectivity index (χ1n) is 3.77. The standard InChI is InChI=1S/C8H19P/c1-8(2)6-5-7-9(3)4/h8H,5-7H2,1-4H3. The summed E-state index contributed by atoms with van der Waals surface area (Å²) in [4.78, 5) is 0. The lowest BCUT2D eigenvalue weighted by Crippen LogP contribution is -1.89. The van der Waals surface area contributed by atoms with Crippen LogP contribution < -0.4 is 0 Å². The second-order valence-corrected chi connectivity index (χ2v) is 5.95. The maximum absolute atomic E-state index is 2.36. The first-order valence-corrected chi connectivity index (χ1v) is 6.19. The summed E-state index contributed by atoms with van der Waals surface area (Å²) in [5.41, 5.74) is 0. The second-order valence-electron chi connectivity index (χ2n) is 3.34. The first-order chi connectivity index (χ1) is 4.13. The number of hydrogen-bond donors (Lipinski definition) is 0. The van der Waals surface area contributed by atoms with Gasteiger partial charge in [0.1, 0.15) is 0 Å². The van der Waals surface area contributed by atoms with Crippen molar-refractivity contribution in [2.45, 2.75) is 26.7 Å². The molecular weight excluding hydrogens is 127 g/mol. The average molecular weight is 146 g/mol. The van der Waals surface area contributed by atoms with Gasteiger partial charge in [-0.1, -0.05) is 20.3 Å². The lowest BCUT2D eigenvalue weighted by Gasteiger charge is -2.06. The molecule has 0 aliphatic carbocycles. The van der Waals surface area contributed by atoms with Crippen molar-refractivity contribution in [3.63, 3.8) is 0 Å². The molecule has 0 saturated heterocycles. The molecule has 0 aliphatic heterocycles. The molecule has 0 bridgehead atoms. The van der Waals surface area contributed by atoms with Crippen molar-refractivity contribution < 1.29 is 0 Å². The molecule has 0 aromatic rings. The Hall–Kier alpha value is 0.430. The Morgan fingerprint density at radius 3 is 2.11 bits per heavy atom. The molecule has 0 unspecified atom stereocenters. The summed E-state index contributed by atoms with van der Waals surface area (Å²) in [6.07, 6.45) is 4.32. The maximum atomic E-state index is 2.36. The molecule has 0 aromatic heterocycles. The lowest BCUT2D eigenvalue weighted by atomic mass is 10.1. The summed E-state index contributed by atoms with van der Waals surface area (Å²) >= 11 is 0. The van der Waals surface area contributed by atoms with Crippen LogP contribution in [0.2, 0.25) is 0 Å². The van der Waals surface area contributed by atoms with Gasteiger partial charge in [-0.05, 0) is 31.8 Å². The van der Waals surface area contributed by atoms with E-state index in [-0.39, 0.29) is 0 Å². The third-order valence-electron chi connectivity index (χ3n) is 1.39. The fourth-order valence-electron chi connectivity index (χ4n) is 0.816. The average Bonchev–Trinajstić information content (AvgIpc) is 1.63. The molecule has 9 heavy (non-hydrogen) atoms. The fourth-order valence-corrected chi connectivity index (χ4v) is 1.63. The fraction of sp³-hybridized carbons (Fsp3) is 1.00. The van der Waals surface area contributed by atoms with E-state index in [4.69, 9.17) is 0 Å². The molecule has 0 aromatic carbocycles. The molecule has 0 rings (SSSR count). The van der Waals surface area contributed by atoms with Crippen LogP contribution in [0.3, 0.4) is 0 Å². The summed E-state index contributed by atoms with van der Waals surface area (Å²) in [5, 5.41) is 0. The van der Waals surface area contributed by atoms with E-state index in [1.807, 2.05) is 0 Å². The zero-order valence-corrected chi connectivity index (χ0v) is 8.04. The Balaban J connectivity index is 2.91. The van der Waals surface area contributed by atoms with Gasteiger partial charge in [0, 0.05) is 0 Å². The van der Waals surface area contributed by atoms with Crippen LogP contribution in [0.1, 0.15) is 26.7 Å². The molecule has 0 saturated carbocycles. The minimum Gasteiger partial charge on any atom is -0.113 e. The molecule has 0 spiro atoms. The summed E-state index contributed by atoms with van der Waals surface area (Å²) in [6.45, 7) is 9.31. The van der Waals surface area contributed by atoms with E-state index in [1.165, 1.54) is 19.0 Å². The van der Waals surface area contributed by atoms with Gasteiger partial charge in [-0.15, -0.1) is 7.92 Å². The van der Waals surface area contributed by atoms with Gasteiger partial charge >= 0.3 is 0 Å². The predicted octanol–water partition coefficient (Wildman–Crippen LogP) is 3.16. The molecule has 0 atom stereocenters. The summed E-state index contributed by atoms with van der Waals surface area (Å²) < 4.78 is 0. The van der Waals surface area contributed by atoms with Crippen LogP contribution >= 0.6 is 7.92 Å². The third-order valence-corrected chi connectivity index (χ3v) is 2.60. The molecule has 56 valence electrons. The van der Waals surface area contributed by atoms with Crippen molar-refractivity contribution in [2.75, 3.05) is 19.5 Å². The monoisotopic (exact) mass is 146 g/mol. The van der Waals surface area contributed by atoms with E-state index in [1.54, 1.807) is 0 Å². The van der Waals surface area contributed by atoms with Crippen LogP contribution in [0.25, 0.3) is 0 Å². The molecule has 0 fully saturated rings. The predicted molar refractivity (Wildman–Crippen MR) is 47.7 cm³/mol. The van der Waals surface area contributed by atoms with Gasteiger partial charge in [0.25, 0.3) is 0 Å². The number of rotatable bonds is 4. The zero-order valence-electron chi connectivity index (χ0n) is 7.15.